The molecule has 0 bridgehead atoms. The van der Waals surface area contributed by atoms with Crippen molar-refractivity contribution in [1.82, 2.24) is 0 Å². The van der Waals surface area contributed by atoms with Crippen molar-refractivity contribution in [3.63, 3.8) is 0 Å². The molecule has 0 heterocycles. The zero-order chi connectivity index (χ0) is 21.5. The maximum Gasteiger partial charge on any atom is 0.337 e. The number of rotatable bonds is 5. The largest absolute Gasteiger partial charge is 0.465 e. The van der Waals surface area contributed by atoms with Crippen molar-refractivity contribution in [2.45, 2.75) is 0 Å². The number of carbonyl (C=O) groups is 3. The first kappa shape index (κ1) is 20.3. The van der Waals surface area contributed by atoms with Crippen LogP contribution in [-0.4, -0.2) is 24.9 Å². The van der Waals surface area contributed by atoms with E-state index >= 15 is 0 Å². The minimum absolute atomic E-state index is 0.305. The van der Waals surface area contributed by atoms with Gasteiger partial charge < -0.3 is 15.4 Å². The van der Waals surface area contributed by atoms with Gasteiger partial charge in [0.2, 0.25) is 0 Å². The second-order valence-corrected chi connectivity index (χ2v) is 6.25. The number of anilines is 2. The molecule has 0 aliphatic heterocycles. The highest BCUT2D eigenvalue weighted by Crippen LogP contribution is 2.15. The molecule has 148 valence electrons. The van der Waals surface area contributed by atoms with Gasteiger partial charge in [0.15, 0.2) is 0 Å². The molecule has 30 heavy (non-hydrogen) atoms. The third-order valence-electron chi connectivity index (χ3n) is 4.22. The number of methoxy groups -OCH3 is 1. The van der Waals surface area contributed by atoms with E-state index in [1.54, 1.807) is 66.7 Å². The first-order chi connectivity index (χ1) is 14.5. The average molecular weight is 399 g/mol. The van der Waals surface area contributed by atoms with Crippen LogP contribution < -0.4 is 10.6 Å². The Balaban J connectivity index is 1.69. The molecule has 2 N–H and O–H groups in total. The van der Waals surface area contributed by atoms with Gasteiger partial charge in [-0.2, -0.15) is 5.26 Å². The van der Waals surface area contributed by atoms with Gasteiger partial charge in [0.25, 0.3) is 11.8 Å². The van der Waals surface area contributed by atoms with E-state index in [1.165, 1.54) is 13.2 Å². The molecule has 3 aromatic rings. The number of amides is 2. The van der Waals surface area contributed by atoms with Crippen LogP contribution in [0.2, 0.25) is 0 Å². The third-order valence-corrected chi connectivity index (χ3v) is 4.22. The van der Waals surface area contributed by atoms with E-state index < -0.39 is 11.9 Å². The Morgan fingerprint density at radius 1 is 0.767 bits per heavy atom. The number of hydrogen-bond donors (Lipinski definition) is 2. The lowest BCUT2D eigenvalue weighted by molar-refractivity contribution is 0.0600. The average Bonchev–Trinajstić information content (AvgIpc) is 2.79. The van der Waals surface area contributed by atoms with Crippen LogP contribution in [0.15, 0.2) is 72.8 Å². The van der Waals surface area contributed by atoms with Crippen molar-refractivity contribution in [3.8, 4) is 6.07 Å². The fourth-order valence-corrected chi connectivity index (χ4v) is 2.64. The van der Waals surface area contributed by atoms with Crippen LogP contribution in [0, 0.1) is 11.3 Å². The number of nitrogens with one attached hydrogen (secondary N) is 2. The van der Waals surface area contributed by atoms with Crippen LogP contribution in [0.3, 0.4) is 0 Å². The lowest BCUT2D eigenvalue weighted by Crippen LogP contribution is -2.15. The Kier molecular flexibility index (Phi) is 6.20. The normalized spacial score (nSPS) is 9.87. The highest BCUT2D eigenvalue weighted by Gasteiger charge is 2.12. The smallest absolute Gasteiger partial charge is 0.337 e. The molecule has 0 aliphatic carbocycles. The summed E-state index contributed by atoms with van der Waals surface area (Å²) in [6.45, 7) is 0. The van der Waals surface area contributed by atoms with Crippen LogP contribution >= 0.6 is 0 Å². The standard InChI is InChI=1S/C23H17N3O4/c1-30-23(29)16-7-11-20(12-8-16)26-22(28)18-4-2-3-17(13-18)21(27)25-19-9-5-15(14-24)6-10-19/h2-13H,1H3,(H,25,27)(H,26,28). The van der Waals surface area contributed by atoms with Crippen molar-refractivity contribution in [1.29, 1.82) is 5.26 Å². The molecule has 3 rings (SSSR count). The van der Waals surface area contributed by atoms with Crippen molar-refractivity contribution in [2.24, 2.45) is 0 Å². The summed E-state index contributed by atoms with van der Waals surface area (Å²) in [7, 11) is 1.29. The molecular weight excluding hydrogens is 382 g/mol. The van der Waals surface area contributed by atoms with Gasteiger partial charge in [0.05, 0.1) is 24.3 Å². The molecule has 2 amide bonds. The quantitative estimate of drug-likeness (QED) is 0.634. The molecule has 0 unspecified atom stereocenters. The van der Waals surface area contributed by atoms with E-state index in [0.29, 0.717) is 33.6 Å². The molecular formula is C23H17N3O4. The minimum atomic E-state index is -0.464. The number of benzene rings is 3. The number of hydrogen-bond acceptors (Lipinski definition) is 5. The Morgan fingerprint density at radius 2 is 1.27 bits per heavy atom. The van der Waals surface area contributed by atoms with Crippen LogP contribution in [0.25, 0.3) is 0 Å². The van der Waals surface area contributed by atoms with Crippen molar-refractivity contribution >= 4 is 29.2 Å². The molecule has 7 heteroatoms. The van der Waals surface area contributed by atoms with Crippen LogP contribution in [-0.2, 0) is 4.74 Å². The number of esters is 1. The summed E-state index contributed by atoms with van der Waals surface area (Å²) in [6, 6.07) is 21.0. The van der Waals surface area contributed by atoms with E-state index in [9.17, 15) is 14.4 Å². The summed E-state index contributed by atoms with van der Waals surface area (Å²) in [5.41, 5.74) is 2.52. The van der Waals surface area contributed by atoms with Gasteiger partial charge in [0.1, 0.15) is 0 Å². The van der Waals surface area contributed by atoms with Crippen molar-refractivity contribution < 1.29 is 19.1 Å². The molecule has 0 aromatic heterocycles. The topological polar surface area (TPSA) is 108 Å². The number of nitrogens with zero attached hydrogens (tertiary/aromatic N) is 1. The van der Waals surface area contributed by atoms with Gasteiger partial charge in [-0.1, -0.05) is 6.07 Å². The highest BCUT2D eigenvalue weighted by molar-refractivity contribution is 6.08. The lowest BCUT2D eigenvalue weighted by Gasteiger charge is -2.09. The van der Waals surface area contributed by atoms with E-state index in [1.807, 2.05) is 6.07 Å². The SMILES string of the molecule is COC(=O)c1ccc(NC(=O)c2cccc(C(=O)Nc3ccc(C#N)cc3)c2)cc1. The predicted octanol–water partition coefficient (Wildman–Crippen LogP) is 3.85. The van der Waals surface area contributed by atoms with Crippen molar-refractivity contribution in [2.75, 3.05) is 17.7 Å². The molecule has 0 atom stereocenters. The van der Waals surface area contributed by atoms with Gasteiger partial charge in [0, 0.05) is 22.5 Å². The van der Waals surface area contributed by atoms with Crippen LogP contribution in [0.4, 0.5) is 11.4 Å². The Morgan fingerprint density at radius 3 is 1.73 bits per heavy atom. The maximum absolute atomic E-state index is 12.5. The van der Waals surface area contributed by atoms with E-state index in [-0.39, 0.29) is 5.91 Å². The summed E-state index contributed by atoms with van der Waals surface area (Å²) in [4.78, 5) is 36.5. The van der Waals surface area contributed by atoms with Gasteiger partial charge in [-0.3, -0.25) is 9.59 Å². The van der Waals surface area contributed by atoms with Gasteiger partial charge in [-0.25, -0.2) is 4.79 Å². The van der Waals surface area contributed by atoms with Crippen molar-refractivity contribution in [3.05, 3.63) is 95.1 Å². The Labute approximate surface area is 172 Å². The molecule has 7 nitrogen and oxygen atoms in total. The molecule has 0 spiro atoms. The molecule has 0 aliphatic rings. The lowest BCUT2D eigenvalue weighted by atomic mass is 10.1. The van der Waals surface area contributed by atoms with Gasteiger partial charge in [-0.05, 0) is 66.7 Å². The summed E-state index contributed by atoms with van der Waals surface area (Å²) in [5.74, 6) is -1.24. The number of carbonyl (C=O) groups excluding carboxylic acids is 3. The summed E-state index contributed by atoms with van der Waals surface area (Å²) < 4.78 is 4.64. The number of nitriles is 1. The van der Waals surface area contributed by atoms with Gasteiger partial charge in [-0.15, -0.1) is 0 Å². The first-order valence-corrected chi connectivity index (χ1v) is 8.91. The molecule has 3 aromatic carbocycles. The van der Waals surface area contributed by atoms with Crippen LogP contribution in [0.5, 0.6) is 0 Å². The third kappa shape index (κ3) is 4.88. The summed E-state index contributed by atoms with van der Waals surface area (Å²) in [6.07, 6.45) is 0. The second-order valence-electron chi connectivity index (χ2n) is 6.25. The monoisotopic (exact) mass is 399 g/mol. The zero-order valence-corrected chi connectivity index (χ0v) is 16.0. The second kappa shape index (κ2) is 9.17. The maximum atomic E-state index is 12.5. The molecule has 0 saturated carbocycles. The fraction of sp³-hybridized carbons (Fsp3) is 0.0435. The Hall–Kier alpha value is -4.44. The Bertz CT molecular complexity index is 1130. The fourth-order valence-electron chi connectivity index (χ4n) is 2.64. The summed E-state index contributed by atoms with van der Waals surface area (Å²) in [5, 5.41) is 14.3. The highest BCUT2D eigenvalue weighted by atomic mass is 16.5. The molecule has 0 radical (unpaired) electrons. The first-order valence-electron chi connectivity index (χ1n) is 8.91. The molecule has 0 saturated heterocycles. The minimum Gasteiger partial charge on any atom is -0.465 e. The van der Waals surface area contributed by atoms with E-state index in [0.717, 1.165) is 0 Å². The predicted molar refractivity (Wildman–Crippen MR) is 111 cm³/mol. The van der Waals surface area contributed by atoms with E-state index in [2.05, 4.69) is 15.4 Å². The van der Waals surface area contributed by atoms with E-state index in [4.69, 9.17) is 5.26 Å². The summed E-state index contributed by atoms with van der Waals surface area (Å²) >= 11 is 0. The van der Waals surface area contributed by atoms with Gasteiger partial charge >= 0.3 is 5.97 Å². The zero-order valence-electron chi connectivity index (χ0n) is 16.0. The van der Waals surface area contributed by atoms with Crippen LogP contribution in [0.1, 0.15) is 36.6 Å². The number of ether oxygens (including phenoxy) is 1. The molecule has 0 fully saturated rings.